The number of hydrogen-bond donors (Lipinski definition) is 0. The van der Waals surface area contributed by atoms with Gasteiger partial charge in [0.1, 0.15) is 0 Å². The molecule has 0 unspecified atom stereocenters. The van der Waals surface area contributed by atoms with Crippen molar-refractivity contribution >= 4 is 22.5 Å². The molecule has 6 nitrogen and oxygen atoms in total. The van der Waals surface area contributed by atoms with Crippen LogP contribution in [0.1, 0.15) is 40.2 Å². The van der Waals surface area contributed by atoms with E-state index in [9.17, 15) is 23.5 Å². The Hall–Kier alpha value is -1.97. The second kappa shape index (κ2) is 7.95. The van der Waals surface area contributed by atoms with Crippen molar-refractivity contribution in [3.8, 4) is 0 Å². The normalized spacial score (nSPS) is 15.7. The molecule has 0 aromatic heterocycles. The first-order valence-electron chi connectivity index (χ1n) is 8.06. The minimum Gasteiger partial charge on any atom is -0.462 e. The Balaban J connectivity index is 3.64. The number of carbonyl (C=O) groups is 1. The summed E-state index contributed by atoms with van der Waals surface area (Å²) >= 11 is 0. The Kier molecular flexibility index (Phi) is 6.80. The SMILES string of the molecule is CCOC(=O)C(F)(F)[C@](C)(C[S@](=O)C(C)(C)C)c1ccc(F)c([N+](=O)[O-])c1. The Morgan fingerprint density at radius 2 is 1.81 bits per heavy atom. The highest BCUT2D eigenvalue weighted by molar-refractivity contribution is 7.86. The molecule has 0 N–H and O–H groups in total. The third-order valence-electron chi connectivity index (χ3n) is 4.11. The molecule has 1 aromatic rings. The minimum absolute atomic E-state index is 0.309. The van der Waals surface area contributed by atoms with E-state index in [0.717, 1.165) is 13.0 Å². The van der Waals surface area contributed by atoms with Crippen LogP contribution in [0.15, 0.2) is 18.2 Å². The van der Waals surface area contributed by atoms with Crippen LogP contribution in [-0.4, -0.2) is 38.1 Å². The fourth-order valence-electron chi connectivity index (χ4n) is 2.28. The smallest absolute Gasteiger partial charge is 0.377 e. The molecule has 0 fully saturated rings. The van der Waals surface area contributed by atoms with E-state index in [1.165, 1.54) is 6.92 Å². The van der Waals surface area contributed by atoms with E-state index in [-0.39, 0.29) is 12.2 Å². The first kappa shape index (κ1) is 23.1. The van der Waals surface area contributed by atoms with Gasteiger partial charge in [-0.1, -0.05) is 6.07 Å². The van der Waals surface area contributed by atoms with Crippen molar-refractivity contribution in [2.45, 2.75) is 50.7 Å². The summed E-state index contributed by atoms with van der Waals surface area (Å²) in [6.07, 6.45) is 0. The van der Waals surface area contributed by atoms with Crippen LogP contribution in [-0.2, 0) is 25.7 Å². The van der Waals surface area contributed by atoms with Crippen LogP contribution < -0.4 is 0 Å². The van der Waals surface area contributed by atoms with Gasteiger partial charge in [-0.2, -0.15) is 13.2 Å². The number of esters is 1. The van der Waals surface area contributed by atoms with Gasteiger partial charge in [0.25, 0.3) is 0 Å². The molecule has 0 aliphatic carbocycles. The molecule has 0 amide bonds. The minimum atomic E-state index is -4.16. The van der Waals surface area contributed by atoms with Crippen LogP contribution in [0.25, 0.3) is 0 Å². The molecule has 0 bridgehead atoms. The quantitative estimate of drug-likeness (QED) is 0.389. The number of ether oxygens (including phenoxy) is 1. The van der Waals surface area contributed by atoms with Crippen LogP contribution in [0.4, 0.5) is 18.9 Å². The van der Waals surface area contributed by atoms with E-state index in [4.69, 9.17) is 0 Å². The highest BCUT2D eigenvalue weighted by atomic mass is 32.2. The molecule has 10 heteroatoms. The van der Waals surface area contributed by atoms with Gasteiger partial charge in [-0.05, 0) is 46.2 Å². The number of carbonyl (C=O) groups excluding carboxylic acids is 1. The summed E-state index contributed by atoms with van der Waals surface area (Å²) in [5.74, 6) is -7.89. The molecule has 1 aromatic carbocycles. The van der Waals surface area contributed by atoms with E-state index in [1.54, 1.807) is 20.8 Å². The third-order valence-corrected chi connectivity index (χ3v) is 6.31. The second-order valence-corrected chi connectivity index (χ2v) is 9.36. The van der Waals surface area contributed by atoms with E-state index in [0.29, 0.717) is 12.1 Å². The van der Waals surface area contributed by atoms with E-state index >= 15 is 8.78 Å². The van der Waals surface area contributed by atoms with Crippen molar-refractivity contribution < 1.29 is 31.8 Å². The molecule has 0 saturated heterocycles. The number of nitro benzene ring substituents is 1. The average Bonchev–Trinajstić information content (AvgIpc) is 2.53. The van der Waals surface area contributed by atoms with Gasteiger partial charge in [-0.25, -0.2) is 4.79 Å². The summed E-state index contributed by atoms with van der Waals surface area (Å²) < 4.78 is 59.9. The molecular weight excluding hydrogens is 387 g/mol. The summed E-state index contributed by atoms with van der Waals surface area (Å²) in [4.78, 5) is 21.9. The molecule has 27 heavy (non-hydrogen) atoms. The highest BCUT2D eigenvalue weighted by Gasteiger charge is 2.59. The summed E-state index contributed by atoms with van der Waals surface area (Å²) in [5.41, 5.74) is -3.82. The molecular formula is C17H22F3NO5S. The molecule has 0 heterocycles. The fraction of sp³-hybridized carbons (Fsp3) is 0.588. The maximum absolute atomic E-state index is 15.0. The number of benzene rings is 1. The van der Waals surface area contributed by atoms with Crippen LogP contribution in [0.5, 0.6) is 0 Å². The molecule has 0 aliphatic heterocycles. The first-order valence-corrected chi connectivity index (χ1v) is 9.38. The molecule has 0 spiro atoms. The summed E-state index contributed by atoms with van der Waals surface area (Å²) in [6, 6.07) is 2.24. The fourth-order valence-corrected chi connectivity index (χ4v) is 3.58. The third kappa shape index (κ3) is 4.66. The van der Waals surface area contributed by atoms with Crippen molar-refractivity contribution in [3.63, 3.8) is 0 Å². The summed E-state index contributed by atoms with van der Waals surface area (Å²) in [5, 5.41) is 11.0. The first-order chi connectivity index (χ1) is 12.2. The molecule has 1 rings (SSSR count). The van der Waals surface area contributed by atoms with Gasteiger partial charge in [-0.15, -0.1) is 0 Å². The maximum atomic E-state index is 15.0. The van der Waals surface area contributed by atoms with E-state index in [1.807, 2.05) is 0 Å². The van der Waals surface area contributed by atoms with Crippen molar-refractivity contribution in [2.24, 2.45) is 0 Å². The number of nitro groups is 1. The van der Waals surface area contributed by atoms with Gasteiger partial charge in [0.15, 0.2) is 0 Å². The number of halogens is 3. The zero-order chi connectivity index (χ0) is 21.2. The van der Waals surface area contributed by atoms with Crippen LogP contribution >= 0.6 is 0 Å². The van der Waals surface area contributed by atoms with Crippen LogP contribution in [0.2, 0.25) is 0 Å². The standard InChI is InChI=1S/C17H22F3NO5S/c1-6-26-14(22)17(19,20)16(5,10-27(25)15(2,3)4)11-7-8-12(18)13(9-11)21(23)24/h7-9H,6,10H2,1-5H3/t16-,27+/m1/s1. The lowest BCUT2D eigenvalue weighted by Crippen LogP contribution is -2.54. The monoisotopic (exact) mass is 409 g/mol. The molecule has 2 atom stereocenters. The van der Waals surface area contributed by atoms with Gasteiger partial charge in [-0.3, -0.25) is 14.3 Å². The molecule has 0 aliphatic rings. The van der Waals surface area contributed by atoms with Crippen molar-refractivity contribution in [1.29, 1.82) is 0 Å². The topological polar surface area (TPSA) is 86.5 Å². The van der Waals surface area contributed by atoms with Crippen LogP contribution in [0, 0.1) is 15.9 Å². The Morgan fingerprint density at radius 1 is 1.26 bits per heavy atom. The van der Waals surface area contributed by atoms with Gasteiger partial charge in [0, 0.05) is 27.4 Å². The van der Waals surface area contributed by atoms with Gasteiger partial charge >= 0.3 is 17.6 Å². The lowest BCUT2D eigenvalue weighted by atomic mass is 9.78. The Bertz CT molecular complexity index is 763. The van der Waals surface area contributed by atoms with E-state index < -0.39 is 55.0 Å². The molecule has 0 radical (unpaired) electrons. The maximum Gasteiger partial charge on any atom is 0.377 e. The molecule has 152 valence electrons. The number of alkyl halides is 2. The zero-order valence-electron chi connectivity index (χ0n) is 15.7. The number of nitrogens with zero attached hydrogens (tertiary/aromatic N) is 1. The predicted octanol–water partition coefficient (Wildman–Crippen LogP) is 3.74. The average molecular weight is 409 g/mol. The largest absolute Gasteiger partial charge is 0.462 e. The van der Waals surface area contributed by atoms with Gasteiger partial charge in [0.2, 0.25) is 5.82 Å². The predicted molar refractivity (Wildman–Crippen MR) is 94.7 cm³/mol. The number of hydrogen-bond acceptors (Lipinski definition) is 5. The lowest BCUT2D eigenvalue weighted by Gasteiger charge is -2.37. The summed E-state index contributed by atoms with van der Waals surface area (Å²) in [7, 11) is -1.85. The van der Waals surface area contributed by atoms with Gasteiger partial charge < -0.3 is 4.74 Å². The second-order valence-electron chi connectivity index (χ2n) is 7.15. The summed E-state index contributed by atoms with van der Waals surface area (Å²) in [6.45, 7) is 6.71. The zero-order valence-corrected chi connectivity index (χ0v) is 16.5. The van der Waals surface area contributed by atoms with Crippen molar-refractivity contribution in [3.05, 3.63) is 39.7 Å². The van der Waals surface area contributed by atoms with Gasteiger partial charge in [0.05, 0.1) is 16.9 Å². The lowest BCUT2D eigenvalue weighted by molar-refractivity contribution is -0.387. The number of rotatable bonds is 7. The Morgan fingerprint density at radius 3 is 2.26 bits per heavy atom. The molecule has 0 saturated carbocycles. The van der Waals surface area contributed by atoms with Crippen LogP contribution in [0.3, 0.4) is 0 Å². The van der Waals surface area contributed by atoms with Crippen molar-refractivity contribution in [2.75, 3.05) is 12.4 Å². The van der Waals surface area contributed by atoms with Crippen molar-refractivity contribution in [1.82, 2.24) is 0 Å². The van der Waals surface area contributed by atoms with E-state index in [2.05, 4.69) is 4.74 Å². The highest BCUT2D eigenvalue weighted by Crippen LogP contribution is 2.43. The Labute approximate surface area is 157 Å².